The largest absolute Gasteiger partial charge is 0.295 e. The van der Waals surface area contributed by atoms with Crippen LogP contribution in [0, 0.1) is 11.3 Å². The van der Waals surface area contributed by atoms with Crippen LogP contribution < -0.4 is 0 Å². The van der Waals surface area contributed by atoms with Crippen molar-refractivity contribution in [3.8, 4) is 0 Å². The van der Waals surface area contributed by atoms with Gasteiger partial charge in [-0.1, -0.05) is 31.9 Å². The number of fused-ring (bicyclic) bond motifs is 1. The fourth-order valence-electron chi connectivity index (χ4n) is 2.83. The van der Waals surface area contributed by atoms with Crippen LogP contribution in [0.15, 0.2) is 24.3 Å². The average molecular weight is 220 g/mol. The molecule has 1 fully saturated rings. The Kier molecular flexibility index (Phi) is 4.52. The minimum Gasteiger partial charge on any atom is -0.295 e. The fourth-order valence-corrected chi connectivity index (χ4v) is 2.83. The lowest BCUT2D eigenvalue weighted by Gasteiger charge is -2.43. The van der Waals surface area contributed by atoms with E-state index in [0.29, 0.717) is 17.1 Å². The Labute approximate surface area is 99.6 Å². The summed E-state index contributed by atoms with van der Waals surface area (Å²) in [5, 5.41) is 0. The topological polar surface area (TPSA) is 17.1 Å². The molecule has 0 saturated heterocycles. The first-order chi connectivity index (χ1) is 7.54. The normalized spacial score (nSPS) is 33.1. The average Bonchev–Trinajstić information content (AvgIpc) is 2.21. The van der Waals surface area contributed by atoms with Gasteiger partial charge in [0.2, 0.25) is 0 Å². The number of hydrogen-bond acceptors (Lipinski definition) is 1. The van der Waals surface area contributed by atoms with Crippen LogP contribution in [0.1, 0.15) is 52.9 Å². The van der Waals surface area contributed by atoms with E-state index in [0.717, 1.165) is 12.8 Å². The first kappa shape index (κ1) is 13.2. The molecule has 0 aliphatic heterocycles. The molecule has 0 radical (unpaired) electrons. The molecule has 0 aromatic carbocycles. The van der Waals surface area contributed by atoms with Crippen molar-refractivity contribution in [2.45, 2.75) is 52.9 Å². The van der Waals surface area contributed by atoms with Crippen LogP contribution in [-0.4, -0.2) is 5.78 Å². The zero-order valence-corrected chi connectivity index (χ0v) is 10.9. The first-order valence-electron chi connectivity index (χ1n) is 6.35. The number of ketones is 1. The third-order valence-electron chi connectivity index (χ3n) is 4.06. The second kappa shape index (κ2) is 5.47. The molecule has 0 aromatic rings. The third kappa shape index (κ3) is 2.63. The molecule has 1 saturated carbocycles. The van der Waals surface area contributed by atoms with Gasteiger partial charge in [0.25, 0.3) is 0 Å². The van der Waals surface area contributed by atoms with E-state index in [1.54, 1.807) is 6.08 Å². The molecule has 0 N–H and O–H groups in total. The van der Waals surface area contributed by atoms with Gasteiger partial charge in [-0.15, -0.1) is 6.58 Å². The molecule has 0 bridgehead atoms. The summed E-state index contributed by atoms with van der Waals surface area (Å²) in [6.45, 7) is 9.82. The molecule has 0 amide bonds. The molecule has 2 atom stereocenters. The van der Waals surface area contributed by atoms with E-state index < -0.39 is 0 Å². The van der Waals surface area contributed by atoms with Crippen molar-refractivity contribution in [2.24, 2.45) is 11.3 Å². The molecule has 2 rings (SSSR count). The molecule has 1 nitrogen and oxygen atoms in total. The van der Waals surface area contributed by atoms with Gasteiger partial charge in [0.1, 0.15) is 0 Å². The summed E-state index contributed by atoms with van der Waals surface area (Å²) in [7, 11) is 0. The van der Waals surface area contributed by atoms with Gasteiger partial charge < -0.3 is 0 Å². The highest BCUT2D eigenvalue weighted by Crippen LogP contribution is 2.49. The Hall–Kier alpha value is -0.850. The molecule has 16 heavy (non-hydrogen) atoms. The van der Waals surface area contributed by atoms with E-state index >= 15 is 0 Å². The Morgan fingerprint density at radius 2 is 2.12 bits per heavy atom. The SMILES string of the molecule is C=CC.CC1CC(=O)C=C2CCCCC21C. The predicted molar refractivity (Wildman–Crippen MR) is 69.3 cm³/mol. The minimum atomic E-state index is 0.349. The number of rotatable bonds is 0. The quantitative estimate of drug-likeness (QED) is 0.556. The Morgan fingerprint density at radius 3 is 2.75 bits per heavy atom. The van der Waals surface area contributed by atoms with Crippen molar-refractivity contribution in [3.63, 3.8) is 0 Å². The van der Waals surface area contributed by atoms with Crippen LogP contribution in [0.3, 0.4) is 0 Å². The van der Waals surface area contributed by atoms with Gasteiger partial charge in [0.15, 0.2) is 5.78 Å². The fraction of sp³-hybridized carbons (Fsp3) is 0.667. The summed E-state index contributed by atoms with van der Waals surface area (Å²) >= 11 is 0. The smallest absolute Gasteiger partial charge is 0.155 e. The van der Waals surface area contributed by atoms with Crippen LogP contribution in [0.5, 0.6) is 0 Å². The number of carbonyl (C=O) groups is 1. The summed E-state index contributed by atoms with van der Waals surface area (Å²) in [6, 6.07) is 0. The van der Waals surface area contributed by atoms with Crippen molar-refractivity contribution in [1.29, 1.82) is 0 Å². The second-order valence-corrected chi connectivity index (χ2v) is 5.27. The summed E-state index contributed by atoms with van der Waals surface area (Å²) in [6.07, 6.45) is 9.51. The van der Waals surface area contributed by atoms with Gasteiger partial charge in [0, 0.05) is 6.42 Å². The molecular formula is C15H24O. The highest BCUT2D eigenvalue weighted by molar-refractivity contribution is 5.91. The summed E-state index contributed by atoms with van der Waals surface area (Å²) < 4.78 is 0. The first-order valence-corrected chi connectivity index (χ1v) is 6.35. The second-order valence-electron chi connectivity index (χ2n) is 5.27. The van der Waals surface area contributed by atoms with Gasteiger partial charge >= 0.3 is 0 Å². The van der Waals surface area contributed by atoms with E-state index in [9.17, 15) is 4.79 Å². The van der Waals surface area contributed by atoms with Gasteiger partial charge in [-0.3, -0.25) is 4.79 Å². The monoisotopic (exact) mass is 220 g/mol. The van der Waals surface area contributed by atoms with Gasteiger partial charge in [-0.05, 0) is 43.6 Å². The van der Waals surface area contributed by atoms with Crippen molar-refractivity contribution in [3.05, 3.63) is 24.3 Å². The highest BCUT2D eigenvalue weighted by Gasteiger charge is 2.40. The lowest BCUT2D eigenvalue weighted by atomic mass is 9.61. The van der Waals surface area contributed by atoms with Crippen molar-refractivity contribution < 1.29 is 4.79 Å². The standard InChI is InChI=1S/C12H18O.C3H6/c1-9-7-11(13)8-10-5-3-4-6-12(9,10)2;1-3-2/h8-9H,3-7H2,1-2H3;3H,1H2,2H3. The Balaban J connectivity index is 0.000000386. The van der Waals surface area contributed by atoms with E-state index in [1.165, 1.54) is 24.8 Å². The molecule has 2 aliphatic rings. The van der Waals surface area contributed by atoms with Gasteiger partial charge in [-0.2, -0.15) is 0 Å². The van der Waals surface area contributed by atoms with Crippen LogP contribution in [0.2, 0.25) is 0 Å². The van der Waals surface area contributed by atoms with Gasteiger partial charge in [0.05, 0.1) is 0 Å². The summed E-state index contributed by atoms with van der Waals surface area (Å²) in [5.74, 6) is 0.905. The number of hydrogen-bond donors (Lipinski definition) is 0. The van der Waals surface area contributed by atoms with E-state index in [2.05, 4.69) is 20.4 Å². The molecule has 2 aliphatic carbocycles. The molecule has 0 aromatic heterocycles. The van der Waals surface area contributed by atoms with Crippen LogP contribution in [0.25, 0.3) is 0 Å². The maximum Gasteiger partial charge on any atom is 0.155 e. The lowest BCUT2D eigenvalue weighted by Crippen LogP contribution is -2.35. The van der Waals surface area contributed by atoms with Gasteiger partial charge in [-0.25, -0.2) is 0 Å². The van der Waals surface area contributed by atoms with E-state index in [4.69, 9.17) is 0 Å². The van der Waals surface area contributed by atoms with Crippen molar-refractivity contribution in [1.82, 2.24) is 0 Å². The predicted octanol–water partition coefficient (Wildman–Crippen LogP) is 4.29. The highest BCUT2D eigenvalue weighted by atomic mass is 16.1. The Bertz CT molecular complexity index is 301. The Morgan fingerprint density at radius 1 is 1.50 bits per heavy atom. The molecule has 1 heteroatoms. The number of carbonyl (C=O) groups excluding carboxylic acids is 1. The maximum absolute atomic E-state index is 11.4. The van der Waals surface area contributed by atoms with E-state index in [1.807, 2.05) is 13.0 Å². The van der Waals surface area contributed by atoms with Crippen LogP contribution in [0.4, 0.5) is 0 Å². The molecule has 0 heterocycles. The molecule has 0 spiro atoms. The van der Waals surface area contributed by atoms with Crippen molar-refractivity contribution in [2.75, 3.05) is 0 Å². The molecular weight excluding hydrogens is 196 g/mol. The summed E-state index contributed by atoms with van der Waals surface area (Å²) in [5.41, 5.74) is 1.79. The van der Waals surface area contributed by atoms with Crippen LogP contribution >= 0.6 is 0 Å². The van der Waals surface area contributed by atoms with Crippen LogP contribution in [-0.2, 0) is 4.79 Å². The maximum atomic E-state index is 11.4. The summed E-state index contributed by atoms with van der Waals surface area (Å²) in [4.78, 5) is 11.4. The zero-order valence-electron chi connectivity index (χ0n) is 10.9. The lowest BCUT2D eigenvalue weighted by molar-refractivity contribution is -0.117. The molecule has 2 unspecified atom stereocenters. The molecule has 90 valence electrons. The zero-order chi connectivity index (χ0) is 12.2. The van der Waals surface area contributed by atoms with Crippen molar-refractivity contribution >= 4 is 5.78 Å². The third-order valence-corrected chi connectivity index (χ3v) is 4.06. The minimum absolute atomic E-state index is 0.349. The number of allylic oxidation sites excluding steroid dienone is 3. The van der Waals surface area contributed by atoms with E-state index in [-0.39, 0.29) is 0 Å².